The van der Waals surface area contributed by atoms with Gasteiger partial charge in [-0.2, -0.15) is 5.26 Å². The van der Waals surface area contributed by atoms with Crippen molar-refractivity contribution in [2.45, 2.75) is 26.2 Å². The van der Waals surface area contributed by atoms with Gasteiger partial charge in [0, 0.05) is 18.8 Å². The van der Waals surface area contributed by atoms with Crippen LogP contribution in [0.4, 0.5) is 5.69 Å². The van der Waals surface area contributed by atoms with Crippen LogP contribution >= 0.6 is 0 Å². The summed E-state index contributed by atoms with van der Waals surface area (Å²) in [5.41, 5.74) is 1.13. The maximum Gasteiger partial charge on any atom is 0.233 e. The Balaban J connectivity index is 1.86. The zero-order valence-electron chi connectivity index (χ0n) is 12.1. The van der Waals surface area contributed by atoms with Crippen LogP contribution in [-0.2, 0) is 9.59 Å². The Bertz CT molecular complexity index is 560. The first kappa shape index (κ1) is 15.0. The van der Waals surface area contributed by atoms with Crippen LogP contribution in [0, 0.1) is 17.2 Å². The van der Waals surface area contributed by atoms with E-state index in [0.29, 0.717) is 17.2 Å². The molecule has 1 aromatic carbocycles. The number of carbonyl (C=O) groups excluding carboxylic acids is 2. The van der Waals surface area contributed by atoms with Crippen LogP contribution in [0.2, 0.25) is 0 Å². The van der Waals surface area contributed by atoms with Crippen molar-refractivity contribution in [3.05, 3.63) is 29.8 Å². The number of likely N-dealkylation sites (tertiary alicyclic amines) is 1. The molecule has 5 heteroatoms. The number of amides is 2. The molecular formula is C16H19N3O2. The van der Waals surface area contributed by atoms with Crippen molar-refractivity contribution in [3.63, 3.8) is 0 Å². The molecule has 0 aliphatic carbocycles. The maximum absolute atomic E-state index is 12.1. The van der Waals surface area contributed by atoms with Gasteiger partial charge in [0.25, 0.3) is 0 Å². The van der Waals surface area contributed by atoms with Gasteiger partial charge in [0.1, 0.15) is 6.42 Å². The molecule has 0 spiro atoms. The number of nitrogens with one attached hydrogen (secondary N) is 1. The van der Waals surface area contributed by atoms with Gasteiger partial charge in [0.05, 0.1) is 11.6 Å². The average Bonchev–Trinajstić information content (AvgIpc) is 2.48. The first-order valence-electron chi connectivity index (χ1n) is 7.16. The molecule has 1 atom stereocenters. The summed E-state index contributed by atoms with van der Waals surface area (Å²) in [5, 5.41) is 11.4. The zero-order valence-corrected chi connectivity index (χ0v) is 12.1. The van der Waals surface area contributed by atoms with Crippen molar-refractivity contribution in [2.24, 2.45) is 5.92 Å². The van der Waals surface area contributed by atoms with E-state index in [1.165, 1.54) is 0 Å². The Morgan fingerprint density at radius 3 is 2.71 bits per heavy atom. The number of rotatable bonds is 3. The van der Waals surface area contributed by atoms with Crippen LogP contribution in [0.25, 0.3) is 0 Å². The highest BCUT2D eigenvalue weighted by molar-refractivity contribution is 6.03. The van der Waals surface area contributed by atoms with Crippen LogP contribution in [0.5, 0.6) is 0 Å². The molecule has 1 aliphatic heterocycles. The molecule has 1 unspecified atom stereocenters. The number of carbonyl (C=O) groups is 2. The third kappa shape index (κ3) is 4.32. The summed E-state index contributed by atoms with van der Waals surface area (Å²) in [6.07, 6.45) is 2.01. The lowest BCUT2D eigenvalue weighted by Crippen LogP contribution is -2.40. The molecule has 1 aliphatic rings. The Hall–Kier alpha value is -2.35. The molecule has 0 bridgehead atoms. The monoisotopic (exact) mass is 285 g/mol. The summed E-state index contributed by atoms with van der Waals surface area (Å²) >= 11 is 0. The highest BCUT2D eigenvalue weighted by Gasteiger charge is 2.22. The number of anilines is 1. The van der Waals surface area contributed by atoms with Crippen molar-refractivity contribution in [1.82, 2.24) is 4.90 Å². The number of piperidine rings is 1. The van der Waals surface area contributed by atoms with E-state index in [-0.39, 0.29) is 18.2 Å². The molecule has 21 heavy (non-hydrogen) atoms. The summed E-state index contributed by atoms with van der Waals surface area (Å²) < 4.78 is 0. The summed E-state index contributed by atoms with van der Waals surface area (Å²) in [6.45, 7) is 3.60. The quantitative estimate of drug-likeness (QED) is 0.865. The molecule has 2 rings (SSSR count). The lowest BCUT2D eigenvalue weighted by molar-refractivity contribution is -0.136. The highest BCUT2D eigenvalue weighted by Crippen LogP contribution is 2.16. The summed E-state index contributed by atoms with van der Waals surface area (Å²) in [7, 11) is 0. The van der Waals surface area contributed by atoms with E-state index in [2.05, 4.69) is 12.2 Å². The molecular weight excluding hydrogens is 266 g/mol. The van der Waals surface area contributed by atoms with Crippen molar-refractivity contribution in [1.29, 1.82) is 5.26 Å². The van der Waals surface area contributed by atoms with Gasteiger partial charge in [-0.1, -0.05) is 6.92 Å². The minimum Gasteiger partial charge on any atom is -0.342 e. The molecule has 1 aromatic rings. The van der Waals surface area contributed by atoms with Gasteiger partial charge in [-0.05, 0) is 43.0 Å². The fraction of sp³-hybridized carbons (Fsp3) is 0.438. The third-order valence-corrected chi connectivity index (χ3v) is 3.62. The number of hydrogen-bond donors (Lipinski definition) is 1. The first-order chi connectivity index (χ1) is 10.1. The maximum atomic E-state index is 12.1. The lowest BCUT2D eigenvalue weighted by Gasteiger charge is -2.30. The summed E-state index contributed by atoms with van der Waals surface area (Å²) in [5.74, 6) is 0.0694. The second-order valence-corrected chi connectivity index (χ2v) is 5.50. The Labute approximate surface area is 124 Å². The molecule has 0 aromatic heterocycles. The second-order valence-electron chi connectivity index (χ2n) is 5.50. The normalized spacial score (nSPS) is 17.9. The van der Waals surface area contributed by atoms with Gasteiger partial charge in [0.2, 0.25) is 11.8 Å². The molecule has 2 amide bonds. The first-order valence-corrected chi connectivity index (χ1v) is 7.16. The number of nitriles is 1. The molecule has 1 fully saturated rings. The van der Waals surface area contributed by atoms with E-state index in [9.17, 15) is 9.59 Å². The molecule has 1 saturated heterocycles. The van der Waals surface area contributed by atoms with E-state index < -0.39 is 0 Å². The van der Waals surface area contributed by atoms with Gasteiger partial charge in [-0.3, -0.25) is 9.59 Å². The van der Waals surface area contributed by atoms with E-state index in [4.69, 9.17) is 5.26 Å². The molecule has 1 heterocycles. The Kier molecular flexibility index (Phi) is 4.94. The fourth-order valence-corrected chi connectivity index (χ4v) is 2.50. The molecule has 110 valence electrons. The van der Waals surface area contributed by atoms with Crippen LogP contribution < -0.4 is 5.32 Å². The minimum atomic E-state index is -0.317. The van der Waals surface area contributed by atoms with Gasteiger partial charge in [0.15, 0.2) is 0 Å². The number of nitrogens with zero attached hydrogens (tertiary/aromatic N) is 2. The Morgan fingerprint density at radius 1 is 1.38 bits per heavy atom. The molecule has 1 N–H and O–H groups in total. The van der Waals surface area contributed by atoms with Gasteiger partial charge >= 0.3 is 0 Å². The SMILES string of the molecule is CC1CCCN(C(=O)CC(=O)Nc2ccc(C#N)cc2)C1. The zero-order chi connectivity index (χ0) is 15.2. The van der Waals surface area contributed by atoms with E-state index in [1.54, 1.807) is 29.2 Å². The minimum absolute atomic E-state index is 0.118. The van der Waals surface area contributed by atoms with E-state index in [1.807, 2.05) is 6.07 Å². The third-order valence-electron chi connectivity index (χ3n) is 3.62. The van der Waals surface area contributed by atoms with Gasteiger partial charge in [-0.15, -0.1) is 0 Å². The van der Waals surface area contributed by atoms with E-state index >= 15 is 0 Å². The molecule has 5 nitrogen and oxygen atoms in total. The van der Waals surface area contributed by atoms with Crippen molar-refractivity contribution >= 4 is 17.5 Å². The van der Waals surface area contributed by atoms with Crippen LogP contribution in [0.1, 0.15) is 31.7 Å². The summed E-state index contributed by atoms with van der Waals surface area (Å²) in [4.78, 5) is 25.7. The molecule has 0 saturated carbocycles. The highest BCUT2D eigenvalue weighted by atomic mass is 16.2. The van der Waals surface area contributed by atoms with Crippen molar-refractivity contribution in [3.8, 4) is 6.07 Å². The number of benzene rings is 1. The van der Waals surface area contributed by atoms with Crippen molar-refractivity contribution in [2.75, 3.05) is 18.4 Å². The van der Waals surface area contributed by atoms with Gasteiger partial charge < -0.3 is 10.2 Å². The largest absolute Gasteiger partial charge is 0.342 e. The van der Waals surface area contributed by atoms with Crippen LogP contribution in [0.3, 0.4) is 0 Å². The molecule has 0 radical (unpaired) electrons. The standard InChI is InChI=1S/C16H19N3O2/c1-12-3-2-8-19(11-12)16(21)9-15(20)18-14-6-4-13(10-17)5-7-14/h4-7,12H,2-3,8-9,11H2,1H3,(H,18,20). The lowest BCUT2D eigenvalue weighted by atomic mass is 10.00. The second kappa shape index (κ2) is 6.89. The van der Waals surface area contributed by atoms with Gasteiger partial charge in [-0.25, -0.2) is 0 Å². The smallest absolute Gasteiger partial charge is 0.233 e. The summed E-state index contributed by atoms with van der Waals surface area (Å²) in [6, 6.07) is 8.58. The topological polar surface area (TPSA) is 73.2 Å². The van der Waals surface area contributed by atoms with Crippen molar-refractivity contribution < 1.29 is 9.59 Å². The average molecular weight is 285 g/mol. The predicted octanol–water partition coefficient (Wildman–Crippen LogP) is 2.15. The van der Waals surface area contributed by atoms with E-state index in [0.717, 1.165) is 25.9 Å². The predicted molar refractivity (Wildman–Crippen MR) is 79.4 cm³/mol. The Morgan fingerprint density at radius 2 is 2.10 bits per heavy atom. The fourth-order valence-electron chi connectivity index (χ4n) is 2.50. The number of hydrogen-bond acceptors (Lipinski definition) is 3. The van der Waals surface area contributed by atoms with Crippen LogP contribution in [0.15, 0.2) is 24.3 Å². The van der Waals surface area contributed by atoms with Crippen LogP contribution in [-0.4, -0.2) is 29.8 Å².